The Labute approximate surface area is 119 Å². The number of carbonyl (C=O) groups is 1. The van der Waals surface area contributed by atoms with E-state index >= 15 is 0 Å². The van der Waals surface area contributed by atoms with Crippen molar-refractivity contribution in [3.05, 3.63) is 65.7 Å². The lowest BCUT2D eigenvalue weighted by molar-refractivity contribution is -0.0498. The molecule has 2 aromatic carbocycles. The van der Waals surface area contributed by atoms with Gasteiger partial charge in [0.15, 0.2) is 5.78 Å². The molecule has 1 unspecified atom stereocenters. The first-order valence-electron chi connectivity index (χ1n) is 5.86. The van der Waals surface area contributed by atoms with E-state index in [-0.39, 0.29) is 17.1 Å². The number of ether oxygens (including phenoxy) is 1. The predicted molar refractivity (Wildman–Crippen MR) is 72.4 cm³/mol. The fourth-order valence-electron chi connectivity index (χ4n) is 1.75. The Morgan fingerprint density at radius 1 is 1.05 bits per heavy atom. The molecule has 104 valence electrons. The summed E-state index contributed by atoms with van der Waals surface area (Å²) in [5.74, 6) is -0.430. The van der Waals surface area contributed by atoms with Gasteiger partial charge in [-0.15, -0.1) is 11.6 Å². The molecule has 0 aliphatic heterocycles. The predicted octanol–water partition coefficient (Wildman–Crippen LogP) is 4.45. The van der Waals surface area contributed by atoms with Gasteiger partial charge in [-0.1, -0.05) is 42.5 Å². The zero-order chi connectivity index (χ0) is 14.5. The molecule has 20 heavy (non-hydrogen) atoms. The van der Waals surface area contributed by atoms with Crippen molar-refractivity contribution in [2.24, 2.45) is 0 Å². The van der Waals surface area contributed by atoms with Crippen molar-refractivity contribution in [1.29, 1.82) is 0 Å². The van der Waals surface area contributed by atoms with E-state index in [1.807, 2.05) is 6.07 Å². The molecular weight excluding hydrogens is 286 g/mol. The SMILES string of the molecule is O=C(c1cccc(OC(F)F)c1)C(Cl)c1ccccc1. The summed E-state index contributed by atoms with van der Waals surface area (Å²) in [6, 6.07) is 14.4. The molecule has 5 heteroatoms. The van der Waals surface area contributed by atoms with Crippen LogP contribution < -0.4 is 4.74 Å². The summed E-state index contributed by atoms with van der Waals surface area (Å²) >= 11 is 6.11. The second-order valence-corrected chi connectivity index (χ2v) is 4.48. The van der Waals surface area contributed by atoms with E-state index in [2.05, 4.69) is 4.74 Å². The number of carbonyl (C=O) groups excluding carboxylic acids is 1. The lowest BCUT2D eigenvalue weighted by Gasteiger charge is -2.10. The lowest BCUT2D eigenvalue weighted by atomic mass is 10.0. The largest absolute Gasteiger partial charge is 0.435 e. The number of Topliss-reactive ketones (excluding diaryl/α,β-unsaturated/α-hetero) is 1. The smallest absolute Gasteiger partial charge is 0.387 e. The first-order valence-corrected chi connectivity index (χ1v) is 6.29. The molecule has 0 radical (unpaired) electrons. The molecule has 0 heterocycles. The van der Waals surface area contributed by atoms with Gasteiger partial charge in [-0.2, -0.15) is 8.78 Å². The number of rotatable bonds is 5. The fraction of sp³-hybridized carbons (Fsp3) is 0.133. The van der Waals surface area contributed by atoms with Crippen molar-refractivity contribution >= 4 is 17.4 Å². The van der Waals surface area contributed by atoms with Crippen LogP contribution in [0.15, 0.2) is 54.6 Å². The van der Waals surface area contributed by atoms with Crippen LogP contribution in [0.2, 0.25) is 0 Å². The fourth-order valence-corrected chi connectivity index (χ4v) is 2.02. The van der Waals surface area contributed by atoms with Gasteiger partial charge >= 0.3 is 6.61 Å². The Balaban J connectivity index is 2.21. The highest BCUT2D eigenvalue weighted by Crippen LogP contribution is 2.26. The van der Waals surface area contributed by atoms with Gasteiger partial charge in [0.2, 0.25) is 0 Å². The van der Waals surface area contributed by atoms with Gasteiger partial charge in [-0.3, -0.25) is 4.79 Å². The average Bonchev–Trinajstić information content (AvgIpc) is 2.46. The third kappa shape index (κ3) is 3.54. The number of alkyl halides is 3. The van der Waals surface area contributed by atoms with Crippen LogP contribution in [-0.4, -0.2) is 12.4 Å². The first kappa shape index (κ1) is 14.5. The average molecular weight is 297 g/mol. The molecule has 1 atom stereocenters. The van der Waals surface area contributed by atoms with E-state index in [1.165, 1.54) is 24.3 Å². The molecule has 0 N–H and O–H groups in total. The monoisotopic (exact) mass is 296 g/mol. The van der Waals surface area contributed by atoms with Crippen LogP contribution in [0.25, 0.3) is 0 Å². The number of ketones is 1. The molecule has 0 bridgehead atoms. The number of hydrogen-bond donors (Lipinski definition) is 0. The normalized spacial score (nSPS) is 12.2. The molecule has 2 nitrogen and oxygen atoms in total. The van der Waals surface area contributed by atoms with Gasteiger partial charge in [-0.25, -0.2) is 0 Å². The van der Waals surface area contributed by atoms with Crippen molar-refractivity contribution in [3.8, 4) is 5.75 Å². The van der Waals surface area contributed by atoms with Crippen LogP contribution in [0.4, 0.5) is 8.78 Å². The highest BCUT2D eigenvalue weighted by Gasteiger charge is 2.19. The van der Waals surface area contributed by atoms with Gasteiger partial charge in [0, 0.05) is 5.56 Å². The number of hydrogen-bond acceptors (Lipinski definition) is 2. The van der Waals surface area contributed by atoms with Gasteiger partial charge in [-0.05, 0) is 17.7 Å². The minimum Gasteiger partial charge on any atom is -0.435 e. The molecule has 0 saturated heterocycles. The van der Waals surface area contributed by atoms with E-state index < -0.39 is 12.0 Å². The maximum atomic E-state index is 12.2. The van der Waals surface area contributed by atoms with E-state index in [9.17, 15) is 13.6 Å². The van der Waals surface area contributed by atoms with Crippen molar-refractivity contribution in [1.82, 2.24) is 0 Å². The summed E-state index contributed by atoms with van der Waals surface area (Å²) in [5.41, 5.74) is 0.881. The zero-order valence-corrected chi connectivity index (χ0v) is 11.1. The second kappa shape index (κ2) is 6.48. The van der Waals surface area contributed by atoms with Crippen LogP contribution in [-0.2, 0) is 0 Å². The van der Waals surface area contributed by atoms with E-state index in [0.717, 1.165) is 0 Å². The maximum absolute atomic E-state index is 12.2. The van der Waals surface area contributed by atoms with Crippen molar-refractivity contribution < 1.29 is 18.3 Å². The van der Waals surface area contributed by atoms with Gasteiger partial charge in [0.25, 0.3) is 0 Å². The highest BCUT2D eigenvalue weighted by atomic mass is 35.5. The Kier molecular flexibility index (Phi) is 4.69. The molecule has 0 spiro atoms. The van der Waals surface area contributed by atoms with Gasteiger partial charge in [0.1, 0.15) is 11.1 Å². The van der Waals surface area contributed by atoms with E-state index in [1.54, 1.807) is 24.3 Å². The molecule has 0 aliphatic carbocycles. The topological polar surface area (TPSA) is 26.3 Å². The van der Waals surface area contributed by atoms with Crippen molar-refractivity contribution in [3.63, 3.8) is 0 Å². The molecule has 2 aromatic rings. The Bertz CT molecular complexity index is 587. The molecule has 2 rings (SSSR count). The molecule has 0 fully saturated rings. The van der Waals surface area contributed by atoms with Crippen LogP contribution >= 0.6 is 11.6 Å². The van der Waals surface area contributed by atoms with Gasteiger partial charge < -0.3 is 4.74 Å². The Morgan fingerprint density at radius 3 is 2.40 bits per heavy atom. The first-order chi connectivity index (χ1) is 9.58. The van der Waals surface area contributed by atoms with Crippen LogP contribution in [0.1, 0.15) is 21.3 Å². The molecule has 0 aromatic heterocycles. The highest BCUT2D eigenvalue weighted by molar-refractivity contribution is 6.33. The zero-order valence-electron chi connectivity index (χ0n) is 10.3. The maximum Gasteiger partial charge on any atom is 0.387 e. The summed E-state index contributed by atoms with van der Waals surface area (Å²) in [5, 5.41) is -0.863. The van der Waals surface area contributed by atoms with Gasteiger partial charge in [0.05, 0.1) is 0 Å². The van der Waals surface area contributed by atoms with E-state index in [0.29, 0.717) is 5.56 Å². The third-order valence-corrected chi connectivity index (χ3v) is 3.12. The third-order valence-electron chi connectivity index (χ3n) is 2.67. The number of halogens is 3. The van der Waals surface area contributed by atoms with Crippen LogP contribution in [0.5, 0.6) is 5.75 Å². The molecule has 0 amide bonds. The lowest BCUT2D eigenvalue weighted by Crippen LogP contribution is -2.08. The molecule has 0 aliphatic rings. The quantitative estimate of drug-likeness (QED) is 0.602. The molecular formula is C15H11ClF2O2. The van der Waals surface area contributed by atoms with Crippen LogP contribution in [0, 0.1) is 0 Å². The van der Waals surface area contributed by atoms with Crippen LogP contribution in [0.3, 0.4) is 0 Å². The van der Waals surface area contributed by atoms with Crippen molar-refractivity contribution in [2.45, 2.75) is 12.0 Å². The minimum atomic E-state index is -2.93. The second-order valence-electron chi connectivity index (χ2n) is 4.04. The standard InChI is InChI=1S/C15H11ClF2O2/c16-13(10-5-2-1-3-6-10)14(19)11-7-4-8-12(9-11)20-15(17)18/h1-9,13,15H. The Morgan fingerprint density at radius 2 is 1.75 bits per heavy atom. The number of benzene rings is 2. The van der Waals surface area contributed by atoms with Crippen molar-refractivity contribution in [2.75, 3.05) is 0 Å². The Hall–Kier alpha value is -1.94. The summed E-state index contributed by atoms with van der Waals surface area (Å²) in [4.78, 5) is 12.2. The summed E-state index contributed by atoms with van der Waals surface area (Å²) in [6.45, 7) is -2.93. The molecule has 0 saturated carbocycles. The van der Waals surface area contributed by atoms with E-state index in [4.69, 9.17) is 11.6 Å². The summed E-state index contributed by atoms with van der Waals surface area (Å²) in [6.07, 6.45) is 0. The summed E-state index contributed by atoms with van der Waals surface area (Å²) in [7, 11) is 0. The minimum absolute atomic E-state index is 0.0669. The summed E-state index contributed by atoms with van der Waals surface area (Å²) < 4.78 is 28.5.